The smallest absolute Gasteiger partial charge is 0.253 e. The summed E-state index contributed by atoms with van der Waals surface area (Å²) < 4.78 is 2.40. The van der Waals surface area contributed by atoms with Gasteiger partial charge in [0.25, 0.3) is 5.91 Å². The Bertz CT molecular complexity index is 1050. The van der Waals surface area contributed by atoms with Gasteiger partial charge >= 0.3 is 0 Å². The molecule has 1 aromatic heterocycles. The highest BCUT2D eigenvalue weighted by atomic mass is 35.5. The van der Waals surface area contributed by atoms with Crippen molar-refractivity contribution in [2.45, 2.75) is 13.6 Å². The molecule has 3 aromatic rings. The van der Waals surface area contributed by atoms with Gasteiger partial charge in [0.15, 0.2) is 5.82 Å². The van der Waals surface area contributed by atoms with Gasteiger partial charge in [0.1, 0.15) is 0 Å². The quantitative estimate of drug-likeness (QED) is 0.640. The van der Waals surface area contributed by atoms with Crippen molar-refractivity contribution in [3.63, 3.8) is 0 Å². The molecule has 1 amide bonds. The number of hydrogen-bond donors (Lipinski definition) is 1. The summed E-state index contributed by atoms with van der Waals surface area (Å²) in [6.07, 6.45) is 0. The van der Waals surface area contributed by atoms with E-state index in [9.17, 15) is 4.79 Å². The Labute approximate surface area is 179 Å². The summed E-state index contributed by atoms with van der Waals surface area (Å²) in [5.41, 5.74) is 2.89. The molecular weight excluding hydrogens is 406 g/mol. The Hall–Kier alpha value is -2.48. The first-order valence-electron chi connectivity index (χ1n) is 9.51. The molecule has 2 aromatic carbocycles. The Morgan fingerprint density at radius 3 is 2.38 bits per heavy atom. The van der Waals surface area contributed by atoms with Gasteiger partial charge in [-0.3, -0.25) is 14.8 Å². The number of H-pyrrole nitrogens is 1. The highest BCUT2D eigenvalue weighted by Gasteiger charge is 2.22. The van der Waals surface area contributed by atoms with Crippen LogP contribution in [-0.4, -0.2) is 56.7 Å². The number of hydrogen-bond acceptors (Lipinski definition) is 4. The van der Waals surface area contributed by atoms with Gasteiger partial charge in [-0.05, 0) is 43.4 Å². The topological polar surface area (TPSA) is 57.2 Å². The second-order valence-corrected chi connectivity index (χ2v) is 8.01. The lowest BCUT2D eigenvalue weighted by Crippen LogP contribution is -2.49. The number of halogens is 1. The van der Waals surface area contributed by atoms with Crippen LogP contribution in [0.5, 0.6) is 0 Å². The monoisotopic (exact) mass is 427 g/mol. The highest BCUT2D eigenvalue weighted by molar-refractivity contribution is 7.71. The second kappa shape index (κ2) is 8.49. The molecule has 2 heterocycles. The molecule has 0 bridgehead atoms. The zero-order valence-electron chi connectivity index (χ0n) is 16.1. The zero-order chi connectivity index (χ0) is 20.4. The Morgan fingerprint density at radius 1 is 1.07 bits per heavy atom. The molecular formula is C21H22ClN5OS. The maximum absolute atomic E-state index is 12.6. The predicted octanol–water partition coefficient (Wildman–Crippen LogP) is 3.99. The molecule has 1 saturated heterocycles. The van der Waals surface area contributed by atoms with Gasteiger partial charge in [-0.1, -0.05) is 41.4 Å². The van der Waals surface area contributed by atoms with Crippen LogP contribution in [0.4, 0.5) is 0 Å². The van der Waals surface area contributed by atoms with Crippen LogP contribution >= 0.6 is 23.8 Å². The molecule has 1 N–H and O–H groups in total. The first-order valence-corrected chi connectivity index (χ1v) is 10.3. The van der Waals surface area contributed by atoms with E-state index in [1.165, 1.54) is 5.56 Å². The average Bonchev–Trinajstić information content (AvgIpc) is 3.09. The fourth-order valence-electron chi connectivity index (χ4n) is 3.36. The summed E-state index contributed by atoms with van der Waals surface area (Å²) >= 11 is 11.3. The Morgan fingerprint density at radius 2 is 1.72 bits per heavy atom. The number of amides is 1. The summed E-state index contributed by atoms with van der Waals surface area (Å²) in [5.74, 6) is 0.813. The summed E-state index contributed by atoms with van der Waals surface area (Å²) in [6, 6.07) is 15.2. The van der Waals surface area contributed by atoms with Crippen LogP contribution < -0.4 is 0 Å². The lowest BCUT2D eigenvalue weighted by atomic mass is 10.1. The van der Waals surface area contributed by atoms with E-state index in [0.29, 0.717) is 35.1 Å². The number of carbonyl (C=O) groups excluding carboxylic acids is 1. The third-order valence-electron chi connectivity index (χ3n) is 5.10. The second-order valence-electron chi connectivity index (χ2n) is 7.21. The van der Waals surface area contributed by atoms with Gasteiger partial charge in [0.2, 0.25) is 4.77 Å². The number of aryl methyl sites for hydroxylation is 1. The Kier molecular flexibility index (Phi) is 5.80. The van der Waals surface area contributed by atoms with Crippen molar-refractivity contribution in [3.8, 4) is 11.4 Å². The number of rotatable bonds is 4. The van der Waals surface area contributed by atoms with E-state index >= 15 is 0 Å². The standard InChI is InChI=1S/C21H22ClN5OS/c1-15-2-4-16(5-3-15)19-23-21(29)27(24-19)14-25-10-12-26(13-11-25)20(28)17-6-8-18(22)9-7-17/h2-9H,10-14H2,1H3,(H,23,24,29). The minimum Gasteiger partial charge on any atom is -0.336 e. The third kappa shape index (κ3) is 4.58. The molecule has 0 aliphatic carbocycles. The van der Waals surface area contributed by atoms with Crippen LogP contribution in [-0.2, 0) is 6.67 Å². The van der Waals surface area contributed by atoms with Gasteiger partial charge < -0.3 is 4.90 Å². The van der Waals surface area contributed by atoms with Crippen molar-refractivity contribution in [2.24, 2.45) is 0 Å². The van der Waals surface area contributed by atoms with Gasteiger partial charge in [0, 0.05) is 42.3 Å². The van der Waals surface area contributed by atoms with Gasteiger partial charge in [-0.25, -0.2) is 4.68 Å². The molecule has 4 rings (SSSR count). The number of nitrogens with one attached hydrogen (secondary N) is 1. The molecule has 29 heavy (non-hydrogen) atoms. The maximum Gasteiger partial charge on any atom is 0.253 e. The van der Waals surface area contributed by atoms with E-state index in [4.69, 9.17) is 23.8 Å². The molecule has 8 heteroatoms. The maximum atomic E-state index is 12.6. The zero-order valence-corrected chi connectivity index (χ0v) is 17.7. The molecule has 1 aliphatic heterocycles. The highest BCUT2D eigenvalue weighted by Crippen LogP contribution is 2.17. The lowest BCUT2D eigenvalue weighted by Gasteiger charge is -2.34. The van der Waals surface area contributed by atoms with Gasteiger partial charge in [-0.15, -0.1) is 0 Å². The molecule has 6 nitrogen and oxygen atoms in total. The number of nitrogens with zero attached hydrogens (tertiary/aromatic N) is 4. The van der Waals surface area contributed by atoms with E-state index in [2.05, 4.69) is 34.0 Å². The predicted molar refractivity (Wildman–Crippen MR) is 117 cm³/mol. The molecule has 150 valence electrons. The number of benzene rings is 2. The fourth-order valence-corrected chi connectivity index (χ4v) is 3.68. The fraction of sp³-hybridized carbons (Fsp3) is 0.286. The van der Waals surface area contributed by atoms with E-state index in [0.717, 1.165) is 24.5 Å². The summed E-state index contributed by atoms with van der Waals surface area (Å²) in [4.78, 5) is 21.3. The van der Waals surface area contributed by atoms with Crippen LogP contribution in [0.25, 0.3) is 11.4 Å². The first-order chi connectivity index (χ1) is 14.0. The minimum absolute atomic E-state index is 0.0427. The SMILES string of the molecule is Cc1ccc(-c2nc(=S)n(CN3CCN(C(=O)c4ccc(Cl)cc4)CC3)[nH]2)cc1. The van der Waals surface area contributed by atoms with Crippen molar-refractivity contribution in [1.82, 2.24) is 24.6 Å². The summed E-state index contributed by atoms with van der Waals surface area (Å²) in [5, 5.41) is 3.93. The van der Waals surface area contributed by atoms with Crippen molar-refractivity contribution < 1.29 is 4.79 Å². The van der Waals surface area contributed by atoms with Crippen LogP contribution in [0.2, 0.25) is 5.02 Å². The van der Waals surface area contributed by atoms with Crippen LogP contribution in [0, 0.1) is 11.7 Å². The third-order valence-corrected chi connectivity index (χ3v) is 5.66. The molecule has 0 saturated carbocycles. The van der Waals surface area contributed by atoms with E-state index in [1.807, 2.05) is 21.7 Å². The number of piperazine rings is 1. The van der Waals surface area contributed by atoms with E-state index in [1.54, 1.807) is 24.3 Å². The van der Waals surface area contributed by atoms with Crippen LogP contribution in [0.1, 0.15) is 15.9 Å². The number of aromatic amines is 1. The van der Waals surface area contributed by atoms with E-state index in [-0.39, 0.29) is 5.91 Å². The van der Waals surface area contributed by atoms with Crippen LogP contribution in [0.15, 0.2) is 48.5 Å². The van der Waals surface area contributed by atoms with Gasteiger partial charge in [0.05, 0.1) is 6.67 Å². The average molecular weight is 428 g/mol. The summed E-state index contributed by atoms with van der Waals surface area (Å²) in [6.45, 7) is 5.59. The molecule has 0 radical (unpaired) electrons. The van der Waals surface area contributed by atoms with Crippen molar-refractivity contribution in [1.29, 1.82) is 0 Å². The van der Waals surface area contributed by atoms with Crippen LogP contribution in [0.3, 0.4) is 0 Å². The molecule has 0 atom stereocenters. The number of aromatic nitrogens is 3. The van der Waals surface area contributed by atoms with Crippen molar-refractivity contribution in [3.05, 3.63) is 69.5 Å². The normalized spacial score (nSPS) is 14.9. The van der Waals surface area contributed by atoms with Gasteiger partial charge in [-0.2, -0.15) is 4.98 Å². The minimum atomic E-state index is 0.0427. The summed E-state index contributed by atoms with van der Waals surface area (Å²) in [7, 11) is 0. The molecule has 0 spiro atoms. The molecule has 0 unspecified atom stereocenters. The van der Waals surface area contributed by atoms with Crippen molar-refractivity contribution in [2.75, 3.05) is 26.2 Å². The lowest BCUT2D eigenvalue weighted by molar-refractivity contribution is 0.0585. The molecule has 1 fully saturated rings. The van der Waals surface area contributed by atoms with E-state index < -0.39 is 0 Å². The van der Waals surface area contributed by atoms with Crippen molar-refractivity contribution >= 4 is 29.7 Å². The molecule has 1 aliphatic rings. The number of carbonyl (C=O) groups is 1. The largest absolute Gasteiger partial charge is 0.336 e. The Balaban J connectivity index is 1.37. The first kappa shape index (κ1) is 19.8.